The van der Waals surface area contributed by atoms with Gasteiger partial charge in [0, 0.05) is 25.1 Å². The van der Waals surface area contributed by atoms with Crippen molar-refractivity contribution in [3.8, 4) is 0 Å². The number of rotatable bonds is 3. The third-order valence-electron chi connectivity index (χ3n) is 2.64. The van der Waals surface area contributed by atoms with E-state index >= 15 is 0 Å². The van der Waals surface area contributed by atoms with Gasteiger partial charge in [0.05, 0.1) is 6.54 Å². The summed E-state index contributed by atoms with van der Waals surface area (Å²) >= 11 is 0. The maximum Gasteiger partial charge on any atom is 0.139 e. The van der Waals surface area contributed by atoms with Crippen molar-refractivity contribution in [2.75, 3.05) is 27.2 Å². The van der Waals surface area contributed by atoms with Crippen LogP contribution in [0.4, 0.5) is 0 Å². The van der Waals surface area contributed by atoms with Crippen LogP contribution in [0.1, 0.15) is 33.1 Å². The Kier molecular flexibility index (Phi) is 4.03. The van der Waals surface area contributed by atoms with E-state index < -0.39 is 0 Å². The van der Waals surface area contributed by atoms with Crippen molar-refractivity contribution in [3.05, 3.63) is 0 Å². The van der Waals surface area contributed by atoms with E-state index in [1.54, 1.807) is 0 Å². The lowest BCUT2D eigenvalue weighted by molar-refractivity contribution is -0.120. The molecule has 0 aromatic carbocycles. The third kappa shape index (κ3) is 4.56. The molecule has 1 rings (SSSR count). The van der Waals surface area contributed by atoms with E-state index in [4.69, 9.17) is 0 Å². The van der Waals surface area contributed by atoms with Gasteiger partial charge in [-0.05, 0) is 25.9 Å². The molecular formula is C12H22N2O. The zero-order valence-electron chi connectivity index (χ0n) is 10.3. The van der Waals surface area contributed by atoms with Gasteiger partial charge in [0.25, 0.3) is 0 Å². The molecule has 0 bridgehead atoms. The van der Waals surface area contributed by atoms with Crippen LogP contribution in [0.2, 0.25) is 0 Å². The lowest BCUT2D eigenvalue weighted by Gasteiger charge is -2.29. The number of carbonyl (C=O) groups excluding carboxylic acids is 1. The number of aliphatic imine (C=N–C) groups is 1. The minimum absolute atomic E-state index is 0.117. The summed E-state index contributed by atoms with van der Waals surface area (Å²) in [6, 6.07) is 0. The lowest BCUT2D eigenvalue weighted by atomic mass is 9.76. The predicted octanol–water partition coefficient (Wildman–Crippen LogP) is 1.77. The standard InChI is InChI=1S/C12H22N2O/c1-12(2)8-10(7-11(15)9-12)13-5-6-14(3)4/h5-9H2,1-4H3. The van der Waals surface area contributed by atoms with Crippen LogP contribution in [-0.2, 0) is 4.79 Å². The number of carbonyl (C=O) groups is 1. The van der Waals surface area contributed by atoms with Gasteiger partial charge in [-0.25, -0.2) is 0 Å². The summed E-state index contributed by atoms with van der Waals surface area (Å²) in [5.74, 6) is 0.342. The topological polar surface area (TPSA) is 32.7 Å². The Labute approximate surface area is 92.6 Å². The number of nitrogens with zero attached hydrogens (tertiary/aromatic N) is 2. The number of Topliss-reactive ketones (excluding diaryl/α,β-unsaturated/α-hetero) is 1. The third-order valence-corrected chi connectivity index (χ3v) is 2.64. The van der Waals surface area contributed by atoms with E-state index in [-0.39, 0.29) is 5.41 Å². The van der Waals surface area contributed by atoms with E-state index in [1.165, 1.54) is 0 Å². The molecule has 0 saturated heterocycles. The van der Waals surface area contributed by atoms with Crippen molar-refractivity contribution in [3.63, 3.8) is 0 Å². The SMILES string of the molecule is CN(C)CCN=C1CC(=O)CC(C)(C)C1. The van der Waals surface area contributed by atoms with Gasteiger partial charge in [-0.15, -0.1) is 0 Å². The first-order valence-electron chi connectivity index (χ1n) is 5.58. The summed E-state index contributed by atoms with van der Waals surface area (Å²) in [4.78, 5) is 18.1. The van der Waals surface area contributed by atoms with Gasteiger partial charge in [0.15, 0.2) is 0 Å². The quantitative estimate of drug-likeness (QED) is 0.711. The monoisotopic (exact) mass is 210 g/mol. The number of hydrogen-bond donors (Lipinski definition) is 0. The minimum Gasteiger partial charge on any atom is -0.308 e. The van der Waals surface area contributed by atoms with E-state index in [0.29, 0.717) is 18.6 Å². The van der Waals surface area contributed by atoms with Crippen molar-refractivity contribution in [2.24, 2.45) is 10.4 Å². The highest BCUT2D eigenvalue weighted by Gasteiger charge is 2.29. The van der Waals surface area contributed by atoms with Crippen LogP contribution in [0.5, 0.6) is 0 Å². The normalized spacial score (nSPS) is 23.8. The summed E-state index contributed by atoms with van der Waals surface area (Å²) in [6.45, 7) is 6.06. The van der Waals surface area contributed by atoms with Gasteiger partial charge in [-0.2, -0.15) is 0 Å². The highest BCUT2D eigenvalue weighted by Crippen LogP contribution is 2.31. The average Bonchev–Trinajstić information content (AvgIpc) is 1.98. The Bertz CT molecular complexity index is 267. The van der Waals surface area contributed by atoms with Crippen molar-refractivity contribution in [2.45, 2.75) is 33.1 Å². The van der Waals surface area contributed by atoms with E-state index in [2.05, 4.69) is 23.7 Å². The van der Waals surface area contributed by atoms with Crippen molar-refractivity contribution in [1.82, 2.24) is 4.90 Å². The predicted molar refractivity (Wildman–Crippen MR) is 63.5 cm³/mol. The number of hydrogen-bond acceptors (Lipinski definition) is 3. The van der Waals surface area contributed by atoms with Crippen LogP contribution >= 0.6 is 0 Å². The largest absolute Gasteiger partial charge is 0.308 e. The first-order chi connectivity index (χ1) is 6.89. The van der Waals surface area contributed by atoms with Crippen LogP contribution in [0.15, 0.2) is 4.99 Å². The molecule has 0 aromatic rings. The molecule has 1 aliphatic rings. The lowest BCUT2D eigenvalue weighted by Crippen LogP contribution is -2.29. The Morgan fingerprint density at radius 3 is 2.53 bits per heavy atom. The average molecular weight is 210 g/mol. The minimum atomic E-state index is 0.117. The summed E-state index contributed by atoms with van der Waals surface area (Å²) in [5, 5.41) is 0. The fourth-order valence-electron chi connectivity index (χ4n) is 2.02. The van der Waals surface area contributed by atoms with Gasteiger partial charge in [0.2, 0.25) is 0 Å². The van der Waals surface area contributed by atoms with E-state index in [0.717, 1.165) is 25.2 Å². The molecule has 0 atom stereocenters. The van der Waals surface area contributed by atoms with Gasteiger partial charge < -0.3 is 4.90 Å². The zero-order valence-corrected chi connectivity index (χ0v) is 10.3. The summed E-state index contributed by atoms with van der Waals surface area (Å²) in [5.41, 5.74) is 1.21. The van der Waals surface area contributed by atoms with Crippen LogP contribution in [0.3, 0.4) is 0 Å². The molecule has 0 spiro atoms. The zero-order chi connectivity index (χ0) is 11.5. The first-order valence-corrected chi connectivity index (χ1v) is 5.58. The highest BCUT2D eigenvalue weighted by atomic mass is 16.1. The molecule has 3 nitrogen and oxygen atoms in total. The molecular weight excluding hydrogens is 188 g/mol. The Morgan fingerprint density at radius 2 is 2.00 bits per heavy atom. The van der Waals surface area contributed by atoms with E-state index in [1.807, 2.05) is 14.1 Å². The molecule has 3 heteroatoms. The molecule has 0 radical (unpaired) electrons. The molecule has 1 saturated carbocycles. The number of ketones is 1. The first kappa shape index (κ1) is 12.4. The molecule has 0 aliphatic heterocycles. The summed E-state index contributed by atoms with van der Waals surface area (Å²) < 4.78 is 0. The highest BCUT2D eigenvalue weighted by molar-refractivity contribution is 6.04. The van der Waals surface area contributed by atoms with Crippen molar-refractivity contribution >= 4 is 11.5 Å². The van der Waals surface area contributed by atoms with Crippen molar-refractivity contribution in [1.29, 1.82) is 0 Å². The van der Waals surface area contributed by atoms with Crippen LogP contribution in [0.25, 0.3) is 0 Å². The fraction of sp³-hybridized carbons (Fsp3) is 0.833. The molecule has 0 amide bonds. The maximum absolute atomic E-state index is 11.5. The van der Waals surface area contributed by atoms with Gasteiger partial charge in [-0.1, -0.05) is 13.8 Å². The van der Waals surface area contributed by atoms with Gasteiger partial charge in [0.1, 0.15) is 5.78 Å². The maximum atomic E-state index is 11.5. The smallest absolute Gasteiger partial charge is 0.139 e. The fourth-order valence-corrected chi connectivity index (χ4v) is 2.02. The molecule has 0 heterocycles. The van der Waals surface area contributed by atoms with Crippen molar-refractivity contribution < 1.29 is 4.79 Å². The van der Waals surface area contributed by atoms with Crippen LogP contribution in [-0.4, -0.2) is 43.6 Å². The Hall–Kier alpha value is -0.700. The Balaban J connectivity index is 2.51. The van der Waals surface area contributed by atoms with Crippen LogP contribution < -0.4 is 0 Å². The molecule has 0 N–H and O–H groups in total. The molecule has 0 unspecified atom stereocenters. The van der Waals surface area contributed by atoms with Gasteiger partial charge in [-0.3, -0.25) is 9.79 Å². The second-order valence-electron chi connectivity index (χ2n) is 5.48. The van der Waals surface area contributed by atoms with Gasteiger partial charge >= 0.3 is 0 Å². The summed E-state index contributed by atoms with van der Waals surface area (Å²) in [7, 11) is 4.08. The molecule has 86 valence electrons. The number of likely N-dealkylation sites (N-methyl/N-ethyl adjacent to an activating group) is 1. The molecule has 0 aromatic heterocycles. The second-order valence-corrected chi connectivity index (χ2v) is 5.48. The van der Waals surface area contributed by atoms with Crippen LogP contribution in [0, 0.1) is 5.41 Å². The summed E-state index contributed by atoms with van der Waals surface area (Å²) in [6.07, 6.45) is 2.27. The molecule has 1 aliphatic carbocycles. The second kappa shape index (κ2) is 4.88. The molecule has 1 fully saturated rings. The molecule has 15 heavy (non-hydrogen) atoms. The van der Waals surface area contributed by atoms with E-state index in [9.17, 15) is 4.79 Å². The Morgan fingerprint density at radius 1 is 1.33 bits per heavy atom.